The van der Waals surface area contributed by atoms with Crippen molar-refractivity contribution < 1.29 is 212 Å². The van der Waals surface area contributed by atoms with E-state index >= 15 is 4.79 Å². The molecule has 8 heterocycles. The van der Waals surface area contributed by atoms with Crippen LogP contribution in [0.2, 0.25) is 0 Å². The number of fused-ring (bicyclic) bond motifs is 7. The van der Waals surface area contributed by atoms with Crippen LogP contribution in [0.4, 0.5) is 0 Å². The second-order valence-corrected chi connectivity index (χ2v) is 37.0. The summed E-state index contributed by atoms with van der Waals surface area (Å²) < 4.78 is 105. The molecule has 22 N–H and O–H groups in total. The maximum absolute atomic E-state index is 16.5. The quantitative estimate of drug-likeness (QED) is 0.0207. The highest BCUT2D eigenvalue weighted by Crippen LogP contribution is 2.76. The summed E-state index contributed by atoms with van der Waals surface area (Å²) in [5.41, 5.74) is -5.72. The minimum Gasteiger partial charge on any atom is -0.479 e. The molecule has 8 aliphatic heterocycles. The van der Waals surface area contributed by atoms with Gasteiger partial charge < -0.3 is 198 Å². The third-order valence-electron chi connectivity index (χ3n) is 29.2. The van der Waals surface area contributed by atoms with Crippen LogP contribution in [0.3, 0.4) is 0 Å². The molecule has 48 atom stereocenters. The van der Waals surface area contributed by atoms with Gasteiger partial charge in [0.05, 0.1) is 62.9 Å². The summed E-state index contributed by atoms with van der Waals surface area (Å²) in [5, 5.41) is 244. The number of allylic oxidation sites excluding steroid dienone is 2. The monoisotopic (exact) mass is 1750 g/mol. The van der Waals surface area contributed by atoms with E-state index in [0.717, 1.165) is 18.8 Å². The van der Waals surface area contributed by atoms with Gasteiger partial charge in [0.25, 0.3) is 0 Å². The highest BCUT2D eigenvalue weighted by molar-refractivity contribution is 5.80. The SMILES string of the molecule is CC(=O)OC1C(C)OC(OC(=O)C23CCC(C)(C)CC2C2=CCC4C5(C)CCC(OC6OC(C(=O)O)C(O)C(OC7OCC(O)C(O)C7O)C6OC6OC(CO)C(O)C(O)C6O)C(C)(C=O)C5CCC4(C)C2(C)CC3O)C(OC2OC(C)C(OC3OCC(O)C(O)C3O)C(OC3OC(CO)C(O)C(O)C3O)C2O)C1OC1OC(CO)C(O)C(O)C1O. The number of rotatable bonds is 22. The summed E-state index contributed by atoms with van der Waals surface area (Å²) in [7, 11) is 0. The Kier molecular flexibility index (Phi) is 28.6. The molecule has 12 fully saturated rings. The van der Waals surface area contributed by atoms with Crippen molar-refractivity contribution in [3.8, 4) is 0 Å². The molecular formula is C78H122O43. The number of hydrogen-bond acceptors (Lipinski definition) is 42. The summed E-state index contributed by atoms with van der Waals surface area (Å²) in [4.78, 5) is 57.4. The Morgan fingerprint density at radius 1 is 0.446 bits per heavy atom. The predicted octanol–water partition coefficient (Wildman–Crippen LogP) is -8.59. The molecule has 0 spiro atoms. The Hall–Kier alpha value is -3.62. The lowest BCUT2D eigenvalue weighted by Gasteiger charge is -2.71. The molecule has 13 rings (SSSR count). The third kappa shape index (κ3) is 16.9. The first-order valence-corrected chi connectivity index (χ1v) is 41.4. The lowest BCUT2D eigenvalue weighted by molar-refractivity contribution is -0.404. The van der Waals surface area contributed by atoms with E-state index in [-0.39, 0.29) is 31.6 Å². The molecule has 0 aromatic rings. The Balaban J connectivity index is 0.827. The van der Waals surface area contributed by atoms with Gasteiger partial charge >= 0.3 is 17.9 Å². The van der Waals surface area contributed by atoms with E-state index in [1.165, 1.54) is 13.8 Å². The maximum Gasteiger partial charge on any atom is 0.335 e. The van der Waals surface area contributed by atoms with Gasteiger partial charge in [-0.15, -0.1) is 0 Å². The second-order valence-electron chi connectivity index (χ2n) is 37.0. The molecule has 43 heteroatoms. The fourth-order valence-corrected chi connectivity index (χ4v) is 22.0. The van der Waals surface area contributed by atoms with Gasteiger partial charge in [-0.2, -0.15) is 0 Å². The Morgan fingerprint density at radius 3 is 1.40 bits per heavy atom. The molecule has 0 amide bonds. The van der Waals surface area contributed by atoms with E-state index in [2.05, 4.69) is 19.9 Å². The molecule has 48 unspecified atom stereocenters. The zero-order valence-corrected chi connectivity index (χ0v) is 68.3. The zero-order valence-electron chi connectivity index (χ0n) is 68.3. The summed E-state index contributed by atoms with van der Waals surface area (Å²) in [5.74, 6) is -5.58. The van der Waals surface area contributed by atoms with E-state index in [9.17, 15) is 127 Å². The van der Waals surface area contributed by atoms with E-state index < -0.39 is 341 Å². The Bertz CT molecular complexity index is 3600. The third-order valence-corrected chi connectivity index (χ3v) is 29.2. The highest BCUT2D eigenvalue weighted by Gasteiger charge is 2.74. The average Bonchev–Trinajstić information content (AvgIpc) is 0.668. The van der Waals surface area contributed by atoms with Crippen LogP contribution in [-0.2, 0) is 99.7 Å². The van der Waals surface area contributed by atoms with Gasteiger partial charge in [0.2, 0.25) is 6.29 Å². The number of hydrogen-bond donors (Lipinski definition) is 22. The molecule has 0 aromatic heterocycles. The molecule has 43 nitrogen and oxygen atoms in total. The number of carboxylic acid groups (broad SMARTS) is 1. The molecule has 13 aliphatic rings. The minimum atomic E-state index is -2.31. The Labute approximate surface area is 694 Å². The van der Waals surface area contributed by atoms with Gasteiger partial charge in [0.15, 0.2) is 62.3 Å². The van der Waals surface area contributed by atoms with Crippen LogP contribution in [0.15, 0.2) is 11.6 Å². The standard InChI is InChI=1S/C78H122O43/c1-26-55(114-64-48(95)40(87)31(84)23-105-64)58(116-66-50(97)45(92)42(89)33(20-79)110-66)54(101)69(107-26)120-62-60(118-67-51(98)46(93)43(90)34(21-80)111-67)56(109-28(3)83)27(2)108-70(62)121-72(104)78-17-16-73(4,5)18-30(78)29-10-11-37-74(6)14-13-39(75(7,25-82)36(74)12-15-76(37,8)77(29,9)19-38(78)86)113-71-61(119-68-52(99)47(94)44(91)35(22-81)112-68)57(53(100)59(117-71)63(102)103)115-65-49(96)41(88)32(85)24-106-65/h10,25-27,30-62,64-71,79-81,84-101H,11-24H2,1-9H3,(H,102,103). The molecular weight excluding hydrogens is 1620 g/mol. The van der Waals surface area contributed by atoms with Gasteiger partial charge in [-0.05, 0) is 111 Å². The first-order chi connectivity index (χ1) is 56.8. The van der Waals surface area contributed by atoms with Crippen molar-refractivity contribution in [3.05, 3.63) is 11.6 Å². The maximum atomic E-state index is 16.5. The number of ether oxygens (including phenoxy) is 17. The zero-order chi connectivity index (χ0) is 88.5. The average molecular weight is 1750 g/mol. The molecule has 0 bridgehead atoms. The molecule has 121 heavy (non-hydrogen) atoms. The largest absolute Gasteiger partial charge is 0.479 e. The van der Waals surface area contributed by atoms with Crippen molar-refractivity contribution >= 4 is 24.2 Å². The Morgan fingerprint density at radius 2 is 0.901 bits per heavy atom. The molecule has 5 aliphatic carbocycles. The van der Waals surface area contributed by atoms with Crippen LogP contribution in [-0.4, -0.2) is 415 Å². The summed E-state index contributed by atoms with van der Waals surface area (Å²) in [6, 6.07) is 0. The number of aliphatic hydroxyl groups excluding tert-OH is 21. The summed E-state index contributed by atoms with van der Waals surface area (Å²) in [6.45, 7) is 11.6. The minimum absolute atomic E-state index is 0.0246. The van der Waals surface area contributed by atoms with Crippen molar-refractivity contribution in [3.63, 3.8) is 0 Å². The fourth-order valence-electron chi connectivity index (χ4n) is 22.0. The number of carboxylic acids is 1. The predicted molar refractivity (Wildman–Crippen MR) is 390 cm³/mol. The molecule has 4 saturated carbocycles. The van der Waals surface area contributed by atoms with Crippen molar-refractivity contribution in [1.29, 1.82) is 0 Å². The molecule has 0 aromatic carbocycles. The van der Waals surface area contributed by atoms with E-state index in [1.807, 2.05) is 20.8 Å². The van der Waals surface area contributed by atoms with Gasteiger partial charge in [0, 0.05) is 6.92 Å². The number of aliphatic hydroxyl groups is 21. The van der Waals surface area contributed by atoms with Crippen LogP contribution in [0.5, 0.6) is 0 Å². The van der Waals surface area contributed by atoms with Gasteiger partial charge in [-0.25, -0.2) is 4.79 Å². The van der Waals surface area contributed by atoms with E-state index in [4.69, 9.17) is 80.5 Å². The smallest absolute Gasteiger partial charge is 0.335 e. The fraction of sp³-hybridized carbons (Fsp3) is 0.923. The van der Waals surface area contributed by atoms with Crippen molar-refractivity contribution in [2.75, 3.05) is 33.0 Å². The molecule has 692 valence electrons. The number of aliphatic carboxylic acids is 1. The first-order valence-electron chi connectivity index (χ1n) is 41.4. The molecule has 0 radical (unpaired) electrons. The van der Waals surface area contributed by atoms with Gasteiger partial charge in [-0.1, -0.05) is 53.2 Å². The van der Waals surface area contributed by atoms with Crippen LogP contribution >= 0.6 is 0 Å². The second kappa shape index (κ2) is 36.4. The number of esters is 2. The summed E-state index contributed by atoms with van der Waals surface area (Å²) >= 11 is 0. The topological polar surface area (TPSA) is 670 Å². The van der Waals surface area contributed by atoms with Gasteiger partial charge in [-0.3, -0.25) is 9.59 Å². The normalized spacial score (nSPS) is 53.8. The number of aldehydes is 1. The van der Waals surface area contributed by atoms with E-state index in [0.29, 0.717) is 32.1 Å². The lowest BCUT2D eigenvalue weighted by Crippen LogP contribution is -2.70. The van der Waals surface area contributed by atoms with Crippen molar-refractivity contribution in [1.82, 2.24) is 0 Å². The first kappa shape index (κ1) is 95.0. The van der Waals surface area contributed by atoms with Gasteiger partial charge in [0.1, 0.15) is 164 Å². The highest BCUT2D eigenvalue weighted by atomic mass is 16.8. The van der Waals surface area contributed by atoms with Crippen molar-refractivity contribution in [2.24, 2.45) is 50.2 Å². The summed E-state index contributed by atoms with van der Waals surface area (Å²) in [6.07, 6.45) is -72.1. The number of carbonyl (C=O) groups excluding carboxylic acids is 3. The van der Waals surface area contributed by atoms with Crippen molar-refractivity contribution in [2.45, 2.75) is 366 Å². The van der Waals surface area contributed by atoms with Crippen LogP contribution < -0.4 is 0 Å². The van der Waals surface area contributed by atoms with E-state index in [1.54, 1.807) is 6.92 Å². The van der Waals surface area contributed by atoms with Crippen LogP contribution in [0, 0.1) is 50.2 Å². The van der Waals surface area contributed by atoms with Crippen LogP contribution in [0.25, 0.3) is 0 Å². The number of carbonyl (C=O) groups is 4. The van der Waals surface area contributed by atoms with Crippen LogP contribution in [0.1, 0.15) is 120 Å². The molecule has 8 saturated heterocycles. The lowest BCUT2D eigenvalue weighted by atomic mass is 9.33.